The molecule has 3 rings (SSSR count). The summed E-state index contributed by atoms with van der Waals surface area (Å²) in [7, 11) is 1.48. The Hall–Kier alpha value is -3.19. The molecule has 0 aliphatic carbocycles. The summed E-state index contributed by atoms with van der Waals surface area (Å²) in [5.74, 6) is 0.899. The van der Waals surface area contributed by atoms with Crippen molar-refractivity contribution in [3.63, 3.8) is 0 Å². The molecule has 1 aliphatic heterocycles. The summed E-state index contributed by atoms with van der Waals surface area (Å²) in [6, 6.07) is 9.35. The van der Waals surface area contributed by atoms with Crippen molar-refractivity contribution in [2.24, 2.45) is 0 Å². The van der Waals surface area contributed by atoms with Gasteiger partial charge in [0.15, 0.2) is 17.3 Å². The number of aromatic nitrogens is 1. The molecule has 0 radical (unpaired) electrons. The minimum absolute atomic E-state index is 0.0861. The number of Topliss-reactive ketones (excluding diaryl/α,β-unsaturated/α-hetero) is 1. The van der Waals surface area contributed by atoms with Crippen molar-refractivity contribution in [1.29, 1.82) is 0 Å². The summed E-state index contributed by atoms with van der Waals surface area (Å²) in [5, 5.41) is 10.6. The van der Waals surface area contributed by atoms with Crippen LogP contribution in [0, 0.1) is 0 Å². The van der Waals surface area contributed by atoms with Gasteiger partial charge in [-0.2, -0.15) is 0 Å². The second kappa shape index (κ2) is 10.0. The topological polar surface area (TPSA) is 83.0 Å². The van der Waals surface area contributed by atoms with Gasteiger partial charge in [-0.05, 0) is 29.8 Å². The Bertz CT molecular complexity index is 906. The standard InChI is InChI=1S/C23H27N3O4/c1-3-19(27)15-20(28)13-17-12-18(23(29)21(14-17)30-2)16-25-8-10-26(11-9-25)22-6-4-5-7-24-22/h3-7,12,14,29H,1,8-11,13,15-16H2,2H3. The van der Waals surface area contributed by atoms with Crippen molar-refractivity contribution in [1.82, 2.24) is 9.88 Å². The van der Waals surface area contributed by atoms with Crippen molar-refractivity contribution < 1.29 is 19.4 Å². The number of aromatic hydroxyl groups is 1. The summed E-state index contributed by atoms with van der Waals surface area (Å²) in [5.41, 5.74) is 1.42. The molecule has 2 aromatic rings. The number of rotatable bonds is 9. The molecule has 1 aromatic carbocycles. The third-order valence-electron chi connectivity index (χ3n) is 5.17. The third-order valence-corrected chi connectivity index (χ3v) is 5.17. The van der Waals surface area contributed by atoms with Crippen LogP contribution in [0.25, 0.3) is 0 Å². The molecular weight excluding hydrogens is 382 g/mol. The molecule has 0 bridgehead atoms. The zero-order valence-electron chi connectivity index (χ0n) is 17.2. The molecule has 1 saturated heterocycles. The van der Waals surface area contributed by atoms with Crippen LogP contribution in [-0.2, 0) is 22.6 Å². The molecule has 0 atom stereocenters. The SMILES string of the molecule is C=CC(=O)CC(=O)Cc1cc(CN2CCN(c3ccccn3)CC2)c(O)c(OC)c1. The first kappa shape index (κ1) is 21.5. The average molecular weight is 409 g/mol. The van der Waals surface area contributed by atoms with E-state index in [1.165, 1.54) is 7.11 Å². The molecule has 0 saturated carbocycles. The van der Waals surface area contributed by atoms with E-state index in [1.807, 2.05) is 24.3 Å². The van der Waals surface area contributed by atoms with Gasteiger partial charge in [0, 0.05) is 50.9 Å². The lowest BCUT2D eigenvalue weighted by Crippen LogP contribution is -2.46. The number of nitrogens with zero attached hydrogens (tertiary/aromatic N) is 3. The lowest BCUT2D eigenvalue weighted by atomic mass is 10.0. The van der Waals surface area contributed by atoms with Gasteiger partial charge in [0.2, 0.25) is 0 Å². The van der Waals surface area contributed by atoms with Gasteiger partial charge in [-0.1, -0.05) is 18.7 Å². The van der Waals surface area contributed by atoms with Crippen molar-refractivity contribution in [2.75, 3.05) is 38.2 Å². The molecule has 0 spiro atoms. The van der Waals surface area contributed by atoms with E-state index in [-0.39, 0.29) is 30.2 Å². The number of allylic oxidation sites excluding steroid dienone is 1. The molecule has 158 valence electrons. The normalized spacial score (nSPS) is 14.4. The van der Waals surface area contributed by atoms with Gasteiger partial charge in [-0.25, -0.2) is 4.98 Å². The highest BCUT2D eigenvalue weighted by Gasteiger charge is 2.21. The molecule has 7 heteroatoms. The summed E-state index contributed by atoms with van der Waals surface area (Å²) in [6.45, 7) is 7.29. The van der Waals surface area contributed by atoms with Crippen molar-refractivity contribution in [3.8, 4) is 11.5 Å². The maximum Gasteiger partial charge on any atom is 0.162 e. The minimum atomic E-state index is -0.295. The Morgan fingerprint density at radius 1 is 1.23 bits per heavy atom. The minimum Gasteiger partial charge on any atom is -0.504 e. The van der Waals surface area contributed by atoms with Crippen LogP contribution in [0.3, 0.4) is 0 Å². The Morgan fingerprint density at radius 3 is 2.63 bits per heavy atom. The van der Waals surface area contributed by atoms with E-state index in [1.54, 1.807) is 12.3 Å². The van der Waals surface area contributed by atoms with E-state index in [0.29, 0.717) is 23.4 Å². The average Bonchev–Trinajstić information content (AvgIpc) is 2.76. The fourth-order valence-corrected chi connectivity index (χ4v) is 3.58. The highest BCUT2D eigenvalue weighted by atomic mass is 16.5. The van der Waals surface area contributed by atoms with E-state index in [9.17, 15) is 14.7 Å². The molecule has 1 N–H and O–H groups in total. The van der Waals surface area contributed by atoms with Crippen LogP contribution in [0.2, 0.25) is 0 Å². The molecular formula is C23H27N3O4. The fraction of sp³-hybridized carbons (Fsp3) is 0.348. The Kier molecular flexibility index (Phi) is 7.19. The van der Waals surface area contributed by atoms with Crippen molar-refractivity contribution in [2.45, 2.75) is 19.4 Å². The van der Waals surface area contributed by atoms with Gasteiger partial charge in [-0.3, -0.25) is 14.5 Å². The molecule has 1 fully saturated rings. The number of carbonyl (C=O) groups excluding carboxylic acids is 2. The van der Waals surface area contributed by atoms with Crippen LogP contribution in [0.4, 0.5) is 5.82 Å². The Labute approximate surface area is 176 Å². The van der Waals surface area contributed by atoms with E-state index < -0.39 is 0 Å². The number of hydrogen-bond donors (Lipinski definition) is 1. The fourth-order valence-electron chi connectivity index (χ4n) is 3.58. The van der Waals surface area contributed by atoms with Crippen LogP contribution >= 0.6 is 0 Å². The molecule has 0 amide bonds. The highest BCUT2D eigenvalue weighted by molar-refractivity contribution is 6.04. The molecule has 7 nitrogen and oxygen atoms in total. The summed E-state index contributed by atoms with van der Waals surface area (Å²) < 4.78 is 5.29. The number of benzene rings is 1. The van der Waals surface area contributed by atoms with Crippen LogP contribution in [-0.4, -0.2) is 59.8 Å². The van der Waals surface area contributed by atoms with Gasteiger partial charge < -0.3 is 14.7 Å². The zero-order valence-corrected chi connectivity index (χ0v) is 17.2. The second-order valence-corrected chi connectivity index (χ2v) is 7.32. The predicted molar refractivity (Wildman–Crippen MR) is 115 cm³/mol. The van der Waals surface area contributed by atoms with Gasteiger partial charge in [0.25, 0.3) is 0 Å². The first-order valence-electron chi connectivity index (χ1n) is 9.94. The van der Waals surface area contributed by atoms with E-state index in [2.05, 4.69) is 21.4 Å². The van der Waals surface area contributed by atoms with E-state index in [0.717, 1.165) is 38.1 Å². The van der Waals surface area contributed by atoms with E-state index in [4.69, 9.17) is 4.74 Å². The maximum absolute atomic E-state index is 12.1. The number of piperazine rings is 1. The number of ether oxygens (including phenoxy) is 1. The van der Waals surface area contributed by atoms with Gasteiger partial charge in [0.05, 0.1) is 13.5 Å². The summed E-state index contributed by atoms with van der Waals surface area (Å²) in [6.07, 6.45) is 2.89. The lowest BCUT2D eigenvalue weighted by Gasteiger charge is -2.35. The molecule has 1 aromatic heterocycles. The smallest absolute Gasteiger partial charge is 0.162 e. The van der Waals surface area contributed by atoms with E-state index >= 15 is 0 Å². The molecule has 0 unspecified atom stereocenters. The number of carbonyl (C=O) groups is 2. The number of methoxy groups -OCH3 is 1. The van der Waals surface area contributed by atoms with Crippen molar-refractivity contribution >= 4 is 17.4 Å². The number of phenolic OH excluding ortho intramolecular Hbond substituents is 1. The highest BCUT2D eigenvalue weighted by Crippen LogP contribution is 2.33. The van der Waals surface area contributed by atoms with Crippen LogP contribution in [0.1, 0.15) is 17.5 Å². The number of ketones is 2. The first-order chi connectivity index (χ1) is 14.5. The molecule has 30 heavy (non-hydrogen) atoms. The van der Waals surface area contributed by atoms with Gasteiger partial charge in [0.1, 0.15) is 11.6 Å². The summed E-state index contributed by atoms with van der Waals surface area (Å²) in [4.78, 5) is 32.5. The quantitative estimate of drug-likeness (QED) is 0.503. The second-order valence-electron chi connectivity index (χ2n) is 7.32. The maximum atomic E-state index is 12.1. The van der Waals surface area contributed by atoms with Gasteiger partial charge >= 0.3 is 0 Å². The van der Waals surface area contributed by atoms with Crippen LogP contribution < -0.4 is 9.64 Å². The number of anilines is 1. The Morgan fingerprint density at radius 2 is 2.00 bits per heavy atom. The summed E-state index contributed by atoms with van der Waals surface area (Å²) >= 11 is 0. The number of phenols is 1. The molecule has 2 heterocycles. The predicted octanol–water partition coefficient (Wildman–Crippen LogP) is 2.37. The molecule has 1 aliphatic rings. The number of hydrogen-bond acceptors (Lipinski definition) is 7. The lowest BCUT2D eigenvalue weighted by molar-refractivity contribution is -0.124. The van der Waals surface area contributed by atoms with Crippen molar-refractivity contribution in [3.05, 3.63) is 60.3 Å². The zero-order chi connectivity index (χ0) is 21.5. The largest absolute Gasteiger partial charge is 0.504 e. The van der Waals surface area contributed by atoms with Crippen LogP contribution in [0.5, 0.6) is 11.5 Å². The Balaban J connectivity index is 1.67. The number of pyridine rings is 1. The monoisotopic (exact) mass is 409 g/mol. The third kappa shape index (κ3) is 5.45. The van der Waals surface area contributed by atoms with Crippen LogP contribution in [0.15, 0.2) is 49.2 Å². The first-order valence-corrected chi connectivity index (χ1v) is 9.94. The van der Waals surface area contributed by atoms with Gasteiger partial charge in [-0.15, -0.1) is 0 Å².